The maximum Gasteiger partial charge on any atom is 0.251 e. The van der Waals surface area contributed by atoms with E-state index in [-0.39, 0.29) is 5.91 Å². The average Bonchev–Trinajstić information content (AvgIpc) is 2.86. The molecule has 1 aromatic heterocycles. The van der Waals surface area contributed by atoms with Crippen molar-refractivity contribution in [1.29, 1.82) is 0 Å². The summed E-state index contributed by atoms with van der Waals surface area (Å²) in [7, 11) is 0. The number of amides is 2. The number of hydrogen-bond acceptors (Lipinski definition) is 4. The number of carbonyl (C=O) groups is 2. The van der Waals surface area contributed by atoms with Crippen LogP contribution in [0.25, 0.3) is 0 Å². The second kappa shape index (κ2) is 6.40. The van der Waals surface area contributed by atoms with Crippen molar-refractivity contribution >= 4 is 39.9 Å². The molecule has 2 aromatic rings. The van der Waals surface area contributed by atoms with Crippen LogP contribution in [0.2, 0.25) is 0 Å². The number of nitrogens with one attached hydrogen (secondary N) is 1. The van der Waals surface area contributed by atoms with E-state index in [2.05, 4.69) is 5.32 Å². The van der Waals surface area contributed by atoms with Crippen LogP contribution in [0.3, 0.4) is 0 Å². The second-order valence-electron chi connectivity index (χ2n) is 3.68. The second-order valence-corrected chi connectivity index (χ2v) is 5.64. The van der Waals surface area contributed by atoms with Gasteiger partial charge in [-0.1, -0.05) is 18.2 Å². The molecule has 0 saturated heterocycles. The van der Waals surface area contributed by atoms with E-state index in [0.717, 1.165) is 4.90 Å². The summed E-state index contributed by atoms with van der Waals surface area (Å²) in [6.45, 7) is 0. The van der Waals surface area contributed by atoms with Crippen LogP contribution in [-0.4, -0.2) is 17.6 Å². The van der Waals surface area contributed by atoms with Crippen molar-refractivity contribution in [2.24, 2.45) is 5.73 Å². The van der Waals surface area contributed by atoms with Crippen LogP contribution in [-0.2, 0) is 4.79 Å². The Hall–Kier alpha value is -1.79. The highest BCUT2D eigenvalue weighted by atomic mass is 32.2. The number of anilines is 1. The Morgan fingerprint density at radius 1 is 1.21 bits per heavy atom. The third-order valence-electron chi connectivity index (χ3n) is 2.30. The molecule has 0 radical (unpaired) electrons. The molecule has 6 heteroatoms. The normalized spacial score (nSPS) is 10.1. The van der Waals surface area contributed by atoms with Gasteiger partial charge in [0, 0.05) is 4.90 Å². The molecule has 2 rings (SSSR count). The molecule has 1 heterocycles. The highest BCUT2D eigenvalue weighted by Crippen LogP contribution is 2.23. The fourth-order valence-corrected chi connectivity index (χ4v) is 2.96. The van der Waals surface area contributed by atoms with Crippen LogP contribution < -0.4 is 11.1 Å². The highest BCUT2D eigenvalue weighted by molar-refractivity contribution is 8.00. The number of primary amides is 1. The molecule has 0 aliphatic heterocycles. The van der Waals surface area contributed by atoms with E-state index in [0.29, 0.717) is 16.3 Å². The van der Waals surface area contributed by atoms with Crippen molar-refractivity contribution in [2.75, 3.05) is 11.1 Å². The van der Waals surface area contributed by atoms with Crippen LogP contribution in [0, 0.1) is 0 Å². The summed E-state index contributed by atoms with van der Waals surface area (Å²) >= 11 is 2.73. The predicted octanol–water partition coefficient (Wildman–Crippen LogP) is 2.58. The van der Waals surface area contributed by atoms with E-state index >= 15 is 0 Å². The lowest BCUT2D eigenvalue weighted by molar-refractivity contribution is -0.113. The Labute approximate surface area is 119 Å². The van der Waals surface area contributed by atoms with Gasteiger partial charge in [0.1, 0.15) is 5.00 Å². The molecular weight excluding hydrogens is 280 g/mol. The van der Waals surface area contributed by atoms with E-state index in [1.54, 1.807) is 11.4 Å². The summed E-state index contributed by atoms with van der Waals surface area (Å²) in [5.74, 6) is -0.397. The molecule has 3 N–H and O–H groups in total. The van der Waals surface area contributed by atoms with Crippen molar-refractivity contribution in [3.63, 3.8) is 0 Å². The standard InChI is InChI=1S/C13H12N2O2S2/c14-12(17)10-6-7-18-13(10)15-11(16)8-19-9-4-2-1-3-5-9/h1-7H,8H2,(H2,14,17)(H,15,16). The lowest BCUT2D eigenvalue weighted by atomic mass is 10.3. The van der Waals surface area contributed by atoms with Crippen molar-refractivity contribution < 1.29 is 9.59 Å². The molecule has 0 spiro atoms. The predicted molar refractivity (Wildman–Crippen MR) is 78.6 cm³/mol. The van der Waals surface area contributed by atoms with Gasteiger partial charge in [-0.3, -0.25) is 9.59 Å². The first kappa shape index (κ1) is 13.6. The number of hydrogen-bond donors (Lipinski definition) is 2. The molecule has 0 fully saturated rings. The fraction of sp³-hybridized carbons (Fsp3) is 0.0769. The molecule has 1 aromatic carbocycles. The number of thioether (sulfide) groups is 1. The Bertz CT molecular complexity index is 581. The summed E-state index contributed by atoms with van der Waals surface area (Å²) in [5, 5.41) is 4.93. The molecule has 98 valence electrons. The maximum absolute atomic E-state index is 11.8. The number of thiophene rings is 1. The summed E-state index contributed by atoms with van der Waals surface area (Å²) in [5.41, 5.74) is 5.56. The molecule has 0 aliphatic rings. The first-order chi connectivity index (χ1) is 9.16. The van der Waals surface area contributed by atoms with Crippen molar-refractivity contribution in [3.8, 4) is 0 Å². The minimum atomic E-state index is -0.535. The SMILES string of the molecule is NC(=O)c1ccsc1NC(=O)CSc1ccccc1. The first-order valence-electron chi connectivity index (χ1n) is 5.52. The molecule has 19 heavy (non-hydrogen) atoms. The van der Waals surface area contributed by atoms with Gasteiger partial charge in [-0.2, -0.15) is 0 Å². The van der Waals surface area contributed by atoms with Crippen LogP contribution in [0.4, 0.5) is 5.00 Å². The number of benzene rings is 1. The van der Waals surface area contributed by atoms with E-state index in [4.69, 9.17) is 5.73 Å². The van der Waals surface area contributed by atoms with Gasteiger partial charge in [0.15, 0.2) is 0 Å². The third kappa shape index (κ3) is 3.84. The van der Waals surface area contributed by atoms with Crippen molar-refractivity contribution in [2.45, 2.75) is 4.90 Å². The summed E-state index contributed by atoms with van der Waals surface area (Å²) in [6.07, 6.45) is 0. The molecule has 0 unspecified atom stereocenters. The largest absolute Gasteiger partial charge is 0.366 e. The summed E-state index contributed by atoms with van der Waals surface area (Å²) in [6, 6.07) is 11.3. The molecule has 4 nitrogen and oxygen atoms in total. The summed E-state index contributed by atoms with van der Waals surface area (Å²) < 4.78 is 0. The van der Waals surface area contributed by atoms with Gasteiger partial charge in [0.05, 0.1) is 11.3 Å². The monoisotopic (exact) mass is 292 g/mol. The van der Waals surface area contributed by atoms with Gasteiger partial charge < -0.3 is 11.1 Å². The van der Waals surface area contributed by atoms with Gasteiger partial charge in [0.25, 0.3) is 5.91 Å². The van der Waals surface area contributed by atoms with Crippen LogP contribution >= 0.6 is 23.1 Å². The molecule has 0 aliphatic carbocycles. The minimum Gasteiger partial charge on any atom is -0.366 e. The Balaban J connectivity index is 1.91. The highest BCUT2D eigenvalue weighted by Gasteiger charge is 2.12. The van der Waals surface area contributed by atoms with E-state index in [1.165, 1.54) is 23.1 Å². The lowest BCUT2D eigenvalue weighted by Crippen LogP contribution is -2.17. The Morgan fingerprint density at radius 3 is 2.63 bits per heavy atom. The smallest absolute Gasteiger partial charge is 0.251 e. The summed E-state index contributed by atoms with van der Waals surface area (Å²) in [4.78, 5) is 23.9. The zero-order valence-electron chi connectivity index (χ0n) is 9.96. The first-order valence-corrected chi connectivity index (χ1v) is 7.38. The molecular formula is C13H12N2O2S2. The fourth-order valence-electron chi connectivity index (χ4n) is 1.43. The van der Waals surface area contributed by atoms with Crippen molar-refractivity contribution in [3.05, 3.63) is 47.3 Å². The van der Waals surface area contributed by atoms with E-state index in [9.17, 15) is 9.59 Å². The van der Waals surface area contributed by atoms with Gasteiger partial charge in [-0.05, 0) is 23.6 Å². The number of carbonyl (C=O) groups excluding carboxylic acids is 2. The van der Waals surface area contributed by atoms with Crippen molar-refractivity contribution in [1.82, 2.24) is 0 Å². The number of rotatable bonds is 5. The Kier molecular flexibility index (Phi) is 4.59. The van der Waals surface area contributed by atoms with Gasteiger partial charge in [-0.25, -0.2) is 0 Å². The topological polar surface area (TPSA) is 72.2 Å². The van der Waals surface area contributed by atoms with E-state index < -0.39 is 5.91 Å². The third-order valence-corrected chi connectivity index (χ3v) is 4.14. The maximum atomic E-state index is 11.8. The molecule has 0 atom stereocenters. The Morgan fingerprint density at radius 2 is 1.95 bits per heavy atom. The van der Waals surface area contributed by atoms with Gasteiger partial charge >= 0.3 is 0 Å². The molecule has 2 amide bonds. The molecule has 0 saturated carbocycles. The van der Waals surface area contributed by atoms with Gasteiger partial charge in [0.2, 0.25) is 5.91 Å². The van der Waals surface area contributed by atoms with Crippen LogP contribution in [0.1, 0.15) is 10.4 Å². The van der Waals surface area contributed by atoms with Crippen LogP contribution in [0.5, 0.6) is 0 Å². The van der Waals surface area contributed by atoms with Crippen LogP contribution in [0.15, 0.2) is 46.7 Å². The quantitative estimate of drug-likeness (QED) is 0.832. The minimum absolute atomic E-state index is 0.154. The zero-order valence-corrected chi connectivity index (χ0v) is 11.6. The van der Waals surface area contributed by atoms with E-state index in [1.807, 2.05) is 30.3 Å². The molecule has 0 bridgehead atoms. The number of nitrogens with two attached hydrogens (primary N) is 1. The lowest BCUT2D eigenvalue weighted by Gasteiger charge is -2.04. The average molecular weight is 292 g/mol. The zero-order chi connectivity index (χ0) is 13.7. The van der Waals surface area contributed by atoms with Gasteiger partial charge in [-0.15, -0.1) is 23.1 Å².